The van der Waals surface area contributed by atoms with Gasteiger partial charge in [0, 0.05) is 30.2 Å². The van der Waals surface area contributed by atoms with Gasteiger partial charge in [0.05, 0.1) is 41.4 Å². The van der Waals surface area contributed by atoms with E-state index >= 15 is 0 Å². The first-order valence-electron chi connectivity index (χ1n) is 9.78. The topological polar surface area (TPSA) is 96.5 Å². The molecule has 2 aliphatic rings. The Balaban J connectivity index is 1.42. The zero-order valence-corrected chi connectivity index (χ0v) is 16.0. The molecule has 3 unspecified atom stereocenters. The van der Waals surface area contributed by atoms with Crippen LogP contribution in [-0.2, 0) is 9.47 Å². The monoisotopic (exact) mass is 405 g/mol. The first kappa shape index (κ1) is 18.5. The molecule has 5 rings (SSSR count). The standard InChI is InChI=1S/C22H19N3O5/c26-22(14-5-7-15(8-6-14)25(27)28)30-20-12-29-10-9-18(20)21-17-4-2-1-3-16(17)19-11-23-13-24(19)21/h1-8,11,13,18,20-21H,9-10,12H2. The molecule has 0 N–H and O–H groups in total. The van der Waals surface area contributed by atoms with Crippen molar-refractivity contribution in [2.45, 2.75) is 18.6 Å². The lowest BCUT2D eigenvalue weighted by Crippen LogP contribution is -2.40. The second kappa shape index (κ2) is 7.38. The number of hydrogen-bond acceptors (Lipinski definition) is 6. The van der Waals surface area contributed by atoms with Crippen molar-refractivity contribution < 1.29 is 19.2 Å². The number of rotatable bonds is 4. The molecule has 3 aromatic rings. The molecule has 3 heterocycles. The first-order valence-corrected chi connectivity index (χ1v) is 9.78. The lowest BCUT2D eigenvalue weighted by Gasteiger charge is -2.36. The van der Waals surface area contributed by atoms with Crippen LogP contribution in [0.4, 0.5) is 5.69 Å². The Hall–Kier alpha value is -3.52. The van der Waals surface area contributed by atoms with E-state index in [1.54, 1.807) is 0 Å². The molecule has 2 aromatic carbocycles. The number of carbonyl (C=O) groups excluding carboxylic acids is 1. The minimum atomic E-state index is -0.512. The fourth-order valence-electron chi connectivity index (χ4n) is 4.45. The van der Waals surface area contributed by atoms with Gasteiger partial charge in [0.2, 0.25) is 0 Å². The van der Waals surface area contributed by atoms with Crippen LogP contribution >= 0.6 is 0 Å². The minimum absolute atomic E-state index is 0.0114. The predicted molar refractivity (Wildman–Crippen MR) is 107 cm³/mol. The zero-order chi connectivity index (χ0) is 20.7. The highest BCUT2D eigenvalue weighted by Crippen LogP contribution is 2.46. The second-order valence-corrected chi connectivity index (χ2v) is 7.49. The van der Waals surface area contributed by atoms with E-state index in [0.717, 1.165) is 17.7 Å². The molecule has 3 atom stereocenters. The summed E-state index contributed by atoms with van der Waals surface area (Å²) in [6.45, 7) is 0.908. The lowest BCUT2D eigenvalue weighted by molar-refractivity contribution is -0.384. The van der Waals surface area contributed by atoms with E-state index in [4.69, 9.17) is 9.47 Å². The largest absolute Gasteiger partial charge is 0.456 e. The van der Waals surface area contributed by atoms with Crippen LogP contribution in [0.2, 0.25) is 0 Å². The van der Waals surface area contributed by atoms with Gasteiger partial charge in [-0.2, -0.15) is 0 Å². The van der Waals surface area contributed by atoms with Crippen molar-refractivity contribution in [3.05, 3.63) is 82.3 Å². The number of ether oxygens (including phenoxy) is 2. The number of nitro groups is 1. The molecule has 2 aliphatic heterocycles. The van der Waals surface area contributed by atoms with Gasteiger partial charge in [-0.15, -0.1) is 0 Å². The van der Waals surface area contributed by atoms with Crippen LogP contribution in [0.3, 0.4) is 0 Å². The molecule has 1 aromatic heterocycles. The summed E-state index contributed by atoms with van der Waals surface area (Å²) in [4.78, 5) is 27.4. The predicted octanol–water partition coefficient (Wildman–Crippen LogP) is 3.62. The maximum Gasteiger partial charge on any atom is 0.338 e. The number of aromatic nitrogens is 2. The van der Waals surface area contributed by atoms with Crippen LogP contribution in [0, 0.1) is 16.0 Å². The number of non-ortho nitro benzene ring substituents is 1. The number of imidazole rings is 1. The lowest BCUT2D eigenvalue weighted by atomic mass is 9.85. The highest BCUT2D eigenvalue weighted by molar-refractivity contribution is 5.89. The molecule has 0 amide bonds. The summed E-state index contributed by atoms with van der Waals surface area (Å²) in [5, 5.41) is 10.8. The Labute approximate surface area is 172 Å². The highest BCUT2D eigenvalue weighted by Gasteiger charge is 2.41. The average molecular weight is 405 g/mol. The molecule has 8 nitrogen and oxygen atoms in total. The summed E-state index contributed by atoms with van der Waals surface area (Å²) in [7, 11) is 0. The summed E-state index contributed by atoms with van der Waals surface area (Å²) < 4.78 is 13.6. The second-order valence-electron chi connectivity index (χ2n) is 7.49. The van der Waals surface area contributed by atoms with Crippen molar-refractivity contribution in [2.24, 2.45) is 5.92 Å². The van der Waals surface area contributed by atoms with Crippen LogP contribution < -0.4 is 0 Å². The van der Waals surface area contributed by atoms with Gasteiger partial charge in [-0.3, -0.25) is 10.1 Å². The van der Waals surface area contributed by atoms with Gasteiger partial charge in [-0.05, 0) is 24.1 Å². The van der Waals surface area contributed by atoms with E-state index < -0.39 is 17.0 Å². The van der Waals surface area contributed by atoms with E-state index in [0.29, 0.717) is 13.2 Å². The summed E-state index contributed by atoms with van der Waals surface area (Å²) in [5.74, 6) is -0.486. The Morgan fingerprint density at radius 2 is 2.00 bits per heavy atom. The third-order valence-electron chi connectivity index (χ3n) is 5.85. The highest BCUT2D eigenvalue weighted by atomic mass is 16.6. The van der Waals surface area contributed by atoms with Crippen LogP contribution in [0.25, 0.3) is 11.3 Å². The smallest absolute Gasteiger partial charge is 0.338 e. The van der Waals surface area contributed by atoms with Gasteiger partial charge in [-0.25, -0.2) is 9.78 Å². The Morgan fingerprint density at radius 3 is 2.80 bits per heavy atom. The van der Waals surface area contributed by atoms with Crippen molar-refractivity contribution in [1.29, 1.82) is 0 Å². The summed E-state index contributed by atoms with van der Waals surface area (Å²) in [6, 6.07) is 13.7. The van der Waals surface area contributed by atoms with Crippen LogP contribution in [0.1, 0.15) is 28.4 Å². The van der Waals surface area contributed by atoms with Crippen LogP contribution in [0.15, 0.2) is 61.1 Å². The normalized spacial score (nSPS) is 22.2. The molecule has 0 spiro atoms. The van der Waals surface area contributed by atoms with Crippen molar-refractivity contribution in [2.75, 3.05) is 13.2 Å². The summed E-state index contributed by atoms with van der Waals surface area (Å²) in [6.07, 6.45) is 3.99. The number of fused-ring (bicyclic) bond motifs is 3. The number of carbonyl (C=O) groups is 1. The van der Waals surface area contributed by atoms with Crippen molar-refractivity contribution in [3.63, 3.8) is 0 Å². The number of hydrogen-bond donors (Lipinski definition) is 0. The molecule has 8 heteroatoms. The number of esters is 1. The SMILES string of the molecule is O=C(OC1COCCC1C1c2ccccc2-c2cncn21)c1ccc([N+](=O)[O-])cc1. The molecule has 152 valence electrons. The molecule has 1 fully saturated rings. The minimum Gasteiger partial charge on any atom is -0.456 e. The van der Waals surface area contributed by atoms with Crippen molar-refractivity contribution >= 4 is 11.7 Å². The Kier molecular flexibility index (Phi) is 4.55. The van der Waals surface area contributed by atoms with Crippen molar-refractivity contribution in [1.82, 2.24) is 9.55 Å². The molecule has 1 saturated heterocycles. The number of nitro benzene ring substituents is 1. The van der Waals surface area contributed by atoms with E-state index in [1.807, 2.05) is 24.7 Å². The Morgan fingerprint density at radius 1 is 1.20 bits per heavy atom. The molecule has 0 bridgehead atoms. The maximum absolute atomic E-state index is 12.7. The van der Waals surface area contributed by atoms with Gasteiger partial charge in [0.25, 0.3) is 5.69 Å². The molecular weight excluding hydrogens is 386 g/mol. The molecular formula is C22H19N3O5. The van der Waals surface area contributed by atoms with E-state index in [9.17, 15) is 14.9 Å². The fourth-order valence-corrected chi connectivity index (χ4v) is 4.45. The Bertz CT molecular complexity index is 1110. The molecule has 0 saturated carbocycles. The quantitative estimate of drug-likeness (QED) is 0.374. The zero-order valence-electron chi connectivity index (χ0n) is 16.0. The number of benzene rings is 2. The van der Waals surface area contributed by atoms with E-state index in [2.05, 4.69) is 21.7 Å². The third kappa shape index (κ3) is 3.05. The van der Waals surface area contributed by atoms with E-state index in [-0.39, 0.29) is 23.2 Å². The van der Waals surface area contributed by atoms with Gasteiger partial charge < -0.3 is 14.0 Å². The first-order chi connectivity index (χ1) is 14.6. The van der Waals surface area contributed by atoms with Gasteiger partial charge >= 0.3 is 5.97 Å². The van der Waals surface area contributed by atoms with Crippen LogP contribution in [-0.4, -0.2) is 39.8 Å². The molecule has 30 heavy (non-hydrogen) atoms. The van der Waals surface area contributed by atoms with E-state index in [1.165, 1.54) is 29.8 Å². The van der Waals surface area contributed by atoms with Gasteiger partial charge in [0.1, 0.15) is 6.10 Å². The van der Waals surface area contributed by atoms with Crippen LogP contribution in [0.5, 0.6) is 0 Å². The molecule has 0 radical (unpaired) electrons. The average Bonchev–Trinajstić information content (AvgIpc) is 3.35. The summed E-state index contributed by atoms with van der Waals surface area (Å²) in [5.41, 5.74) is 3.60. The maximum atomic E-state index is 12.7. The summed E-state index contributed by atoms with van der Waals surface area (Å²) >= 11 is 0. The third-order valence-corrected chi connectivity index (χ3v) is 5.85. The van der Waals surface area contributed by atoms with Gasteiger partial charge in [-0.1, -0.05) is 24.3 Å². The fraction of sp³-hybridized carbons (Fsp3) is 0.273. The van der Waals surface area contributed by atoms with Gasteiger partial charge in [0.15, 0.2) is 0 Å². The molecule has 0 aliphatic carbocycles. The van der Waals surface area contributed by atoms with Crippen molar-refractivity contribution in [3.8, 4) is 11.3 Å². The number of nitrogens with zero attached hydrogens (tertiary/aromatic N) is 3.